The van der Waals surface area contributed by atoms with Crippen LogP contribution in [0.5, 0.6) is 17.2 Å². The summed E-state index contributed by atoms with van der Waals surface area (Å²) in [4.78, 5) is 12.1. The molecule has 0 saturated heterocycles. The minimum Gasteiger partial charge on any atom is -0.493 e. The molecule has 0 bridgehead atoms. The van der Waals surface area contributed by atoms with Gasteiger partial charge in [-0.15, -0.1) is 6.58 Å². The van der Waals surface area contributed by atoms with Gasteiger partial charge in [0.15, 0.2) is 16.6 Å². The molecule has 6 nitrogen and oxygen atoms in total. The molecule has 0 heterocycles. The minimum absolute atomic E-state index is 0.216. The highest BCUT2D eigenvalue weighted by Gasteiger charge is 2.17. The zero-order chi connectivity index (χ0) is 15.8. The molecule has 0 aliphatic carbocycles. The van der Waals surface area contributed by atoms with E-state index in [0.29, 0.717) is 29.4 Å². The Morgan fingerprint density at radius 3 is 2.24 bits per heavy atom. The van der Waals surface area contributed by atoms with E-state index in [1.165, 1.54) is 21.3 Å². The van der Waals surface area contributed by atoms with Gasteiger partial charge in [-0.1, -0.05) is 6.08 Å². The molecule has 0 aliphatic heterocycles. The first-order chi connectivity index (χ1) is 10.1. The maximum absolute atomic E-state index is 12.1. The van der Waals surface area contributed by atoms with E-state index in [-0.39, 0.29) is 11.0 Å². The van der Waals surface area contributed by atoms with Gasteiger partial charge in [0.2, 0.25) is 5.75 Å². The molecule has 1 rings (SSSR count). The van der Waals surface area contributed by atoms with E-state index >= 15 is 0 Å². The van der Waals surface area contributed by atoms with E-state index in [9.17, 15) is 4.79 Å². The number of benzene rings is 1. The van der Waals surface area contributed by atoms with E-state index in [1.54, 1.807) is 18.2 Å². The van der Waals surface area contributed by atoms with Crippen LogP contribution in [0.3, 0.4) is 0 Å². The summed E-state index contributed by atoms with van der Waals surface area (Å²) in [5.74, 6) is 0.832. The van der Waals surface area contributed by atoms with Crippen molar-refractivity contribution >= 4 is 23.2 Å². The van der Waals surface area contributed by atoms with Gasteiger partial charge in [0.25, 0.3) is 5.91 Å². The molecule has 1 aromatic carbocycles. The highest BCUT2D eigenvalue weighted by atomic mass is 32.1. The van der Waals surface area contributed by atoms with Crippen molar-refractivity contribution in [1.82, 2.24) is 10.6 Å². The summed E-state index contributed by atoms with van der Waals surface area (Å²) in [6, 6.07) is 3.10. The van der Waals surface area contributed by atoms with Crippen molar-refractivity contribution in [2.24, 2.45) is 0 Å². The van der Waals surface area contributed by atoms with E-state index in [0.717, 1.165) is 0 Å². The molecule has 0 radical (unpaired) electrons. The van der Waals surface area contributed by atoms with Gasteiger partial charge in [-0.05, 0) is 24.4 Å². The number of hydrogen-bond donors (Lipinski definition) is 2. The Labute approximate surface area is 129 Å². The second-order valence-corrected chi connectivity index (χ2v) is 4.28. The molecule has 1 amide bonds. The lowest BCUT2D eigenvalue weighted by Gasteiger charge is -2.14. The second-order valence-electron chi connectivity index (χ2n) is 3.87. The van der Waals surface area contributed by atoms with Gasteiger partial charge in [0.05, 0.1) is 21.3 Å². The van der Waals surface area contributed by atoms with Crippen LogP contribution in [0.2, 0.25) is 0 Å². The maximum atomic E-state index is 12.1. The van der Waals surface area contributed by atoms with Gasteiger partial charge in [0.1, 0.15) is 0 Å². The lowest BCUT2D eigenvalue weighted by molar-refractivity contribution is 0.0976. The first-order valence-corrected chi connectivity index (χ1v) is 6.48. The van der Waals surface area contributed by atoms with E-state index in [4.69, 9.17) is 26.4 Å². The van der Waals surface area contributed by atoms with Crippen molar-refractivity contribution in [2.45, 2.75) is 0 Å². The van der Waals surface area contributed by atoms with Crippen LogP contribution in [-0.4, -0.2) is 38.9 Å². The Bertz CT molecular complexity index is 521. The van der Waals surface area contributed by atoms with Gasteiger partial charge in [0, 0.05) is 12.1 Å². The monoisotopic (exact) mass is 310 g/mol. The molecule has 0 unspecified atom stereocenters. The third-order valence-electron chi connectivity index (χ3n) is 2.56. The Kier molecular flexibility index (Phi) is 6.48. The summed E-state index contributed by atoms with van der Waals surface area (Å²) < 4.78 is 15.6. The zero-order valence-corrected chi connectivity index (χ0v) is 13.0. The molecular weight excluding hydrogens is 292 g/mol. The average Bonchev–Trinajstić information content (AvgIpc) is 2.51. The maximum Gasteiger partial charge on any atom is 0.257 e. The van der Waals surface area contributed by atoms with Crippen molar-refractivity contribution in [3.63, 3.8) is 0 Å². The summed E-state index contributed by atoms with van der Waals surface area (Å²) in [5, 5.41) is 5.58. The second kappa shape index (κ2) is 8.11. The van der Waals surface area contributed by atoms with Crippen LogP contribution in [0.1, 0.15) is 10.4 Å². The molecule has 0 aromatic heterocycles. The Morgan fingerprint density at radius 1 is 1.24 bits per heavy atom. The lowest BCUT2D eigenvalue weighted by Crippen LogP contribution is -2.39. The number of methoxy groups -OCH3 is 3. The van der Waals surface area contributed by atoms with Gasteiger partial charge in [-0.3, -0.25) is 10.1 Å². The molecule has 0 fully saturated rings. The van der Waals surface area contributed by atoms with Crippen LogP contribution < -0.4 is 24.8 Å². The van der Waals surface area contributed by atoms with Crippen LogP contribution in [-0.2, 0) is 0 Å². The summed E-state index contributed by atoms with van der Waals surface area (Å²) >= 11 is 4.99. The minimum atomic E-state index is -0.379. The van der Waals surface area contributed by atoms with Gasteiger partial charge in [-0.25, -0.2) is 0 Å². The number of rotatable bonds is 6. The van der Waals surface area contributed by atoms with Gasteiger partial charge >= 0.3 is 0 Å². The van der Waals surface area contributed by atoms with Crippen molar-refractivity contribution in [3.8, 4) is 17.2 Å². The normalized spacial score (nSPS) is 9.48. The first-order valence-electron chi connectivity index (χ1n) is 6.07. The van der Waals surface area contributed by atoms with Crippen LogP contribution in [0.15, 0.2) is 24.8 Å². The fraction of sp³-hybridized carbons (Fsp3) is 0.286. The van der Waals surface area contributed by atoms with Gasteiger partial charge in [-0.2, -0.15) is 0 Å². The third-order valence-corrected chi connectivity index (χ3v) is 2.81. The molecule has 2 N–H and O–H groups in total. The number of carbonyl (C=O) groups is 1. The summed E-state index contributed by atoms with van der Waals surface area (Å²) in [6.07, 6.45) is 1.64. The van der Waals surface area contributed by atoms with E-state index in [1.807, 2.05) is 0 Å². The third kappa shape index (κ3) is 4.35. The number of hydrogen-bond acceptors (Lipinski definition) is 5. The largest absolute Gasteiger partial charge is 0.493 e. The molecular formula is C14H18N2O4S. The molecule has 21 heavy (non-hydrogen) atoms. The van der Waals surface area contributed by atoms with E-state index in [2.05, 4.69) is 17.2 Å². The Morgan fingerprint density at radius 2 is 1.81 bits per heavy atom. The fourth-order valence-electron chi connectivity index (χ4n) is 1.60. The Hall–Kier alpha value is -2.28. The van der Waals surface area contributed by atoms with Crippen LogP contribution in [0, 0.1) is 0 Å². The van der Waals surface area contributed by atoms with E-state index < -0.39 is 0 Å². The quantitative estimate of drug-likeness (QED) is 0.613. The van der Waals surface area contributed by atoms with Crippen molar-refractivity contribution < 1.29 is 19.0 Å². The average molecular weight is 310 g/mol. The van der Waals surface area contributed by atoms with Crippen LogP contribution in [0.4, 0.5) is 0 Å². The SMILES string of the molecule is C=CCNC(=S)NC(=O)c1cc(OC)c(OC)c(OC)c1. The predicted molar refractivity (Wildman–Crippen MR) is 84.4 cm³/mol. The van der Waals surface area contributed by atoms with Gasteiger partial charge < -0.3 is 19.5 Å². The molecule has 0 saturated carbocycles. The molecule has 0 spiro atoms. The topological polar surface area (TPSA) is 68.8 Å². The van der Waals surface area contributed by atoms with Crippen LogP contribution in [0.25, 0.3) is 0 Å². The molecule has 0 atom stereocenters. The summed E-state index contributed by atoms with van der Waals surface area (Å²) in [7, 11) is 4.46. The fourth-order valence-corrected chi connectivity index (χ4v) is 1.77. The van der Waals surface area contributed by atoms with Crippen LogP contribution >= 0.6 is 12.2 Å². The highest BCUT2D eigenvalue weighted by Crippen LogP contribution is 2.38. The number of carbonyl (C=O) groups excluding carboxylic acids is 1. The smallest absolute Gasteiger partial charge is 0.257 e. The Balaban J connectivity index is 2.99. The summed E-state index contributed by atoms with van der Waals surface area (Å²) in [5.41, 5.74) is 0.340. The van der Waals surface area contributed by atoms with Crippen molar-refractivity contribution in [1.29, 1.82) is 0 Å². The lowest BCUT2D eigenvalue weighted by atomic mass is 10.1. The summed E-state index contributed by atoms with van der Waals surface area (Å²) in [6.45, 7) is 4.02. The predicted octanol–water partition coefficient (Wildman–Crippen LogP) is 1.50. The standard InChI is InChI=1S/C14H18N2O4S/c1-5-6-15-14(21)16-13(17)9-7-10(18-2)12(20-4)11(8-9)19-3/h5,7-8H,1,6H2,2-4H3,(H2,15,16,17,21). The molecule has 7 heteroatoms. The van der Waals surface area contributed by atoms with Crippen molar-refractivity contribution in [3.05, 3.63) is 30.4 Å². The number of thiocarbonyl (C=S) groups is 1. The number of nitrogens with one attached hydrogen (secondary N) is 2. The zero-order valence-electron chi connectivity index (χ0n) is 12.2. The number of ether oxygens (including phenoxy) is 3. The highest BCUT2D eigenvalue weighted by molar-refractivity contribution is 7.80. The van der Waals surface area contributed by atoms with Crippen molar-refractivity contribution in [2.75, 3.05) is 27.9 Å². The first kappa shape index (κ1) is 16.8. The molecule has 1 aromatic rings. The molecule has 114 valence electrons. The molecule has 0 aliphatic rings. The number of amides is 1.